The van der Waals surface area contributed by atoms with Crippen LogP contribution in [0.3, 0.4) is 0 Å². The van der Waals surface area contributed by atoms with Gasteiger partial charge in [0.1, 0.15) is 0 Å². The van der Waals surface area contributed by atoms with Crippen LogP contribution in [0.4, 0.5) is 0 Å². The summed E-state index contributed by atoms with van der Waals surface area (Å²) in [5.41, 5.74) is 0.482. The number of hydrogen-bond acceptors (Lipinski definition) is 3. The molecule has 1 fully saturated rings. The SMILES string of the molecule is O=C(c1cc(S)ccc1Cl)N1CCC(O)CC1. The number of carbonyl (C=O) groups excluding carboxylic acids is 1. The minimum absolute atomic E-state index is 0.0854. The molecular formula is C12H14ClNO2S. The summed E-state index contributed by atoms with van der Waals surface area (Å²) in [5, 5.41) is 9.85. The van der Waals surface area contributed by atoms with E-state index in [0.29, 0.717) is 36.5 Å². The molecule has 0 spiro atoms. The average molecular weight is 272 g/mol. The molecule has 2 rings (SSSR count). The number of halogens is 1. The minimum atomic E-state index is -0.286. The van der Waals surface area contributed by atoms with Gasteiger partial charge >= 0.3 is 0 Å². The van der Waals surface area contributed by atoms with E-state index in [1.54, 1.807) is 23.1 Å². The predicted molar refractivity (Wildman–Crippen MR) is 69.8 cm³/mol. The molecule has 1 aliphatic heterocycles. The highest BCUT2D eigenvalue weighted by Gasteiger charge is 2.23. The normalized spacial score (nSPS) is 17.2. The molecule has 1 saturated heterocycles. The van der Waals surface area contributed by atoms with Gasteiger partial charge in [0.15, 0.2) is 0 Å². The number of hydrogen-bond donors (Lipinski definition) is 2. The van der Waals surface area contributed by atoms with E-state index in [9.17, 15) is 9.90 Å². The number of carbonyl (C=O) groups is 1. The van der Waals surface area contributed by atoms with Crippen LogP contribution in [0.15, 0.2) is 23.1 Å². The number of amides is 1. The molecular weight excluding hydrogens is 258 g/mol. The first kappa shape index (κ1) is 12.7. The monoisotopic (exact) mass is 271 g/mol. The Bertz CT molecular complexity index is 431. The molecule has 5 heteroatoms. The number of aliphatic hydroxyl groups is 1. The molecule has 1 aliphatic rings. The number of piperidine rings is 1. The Balaban J connectivity index is 2.16. The zero-order chi connectivity index (χ0) is 12.4. The Morgan fingerprint density at radius 2 is 2.06 bits per heavy atom. The molecule has 0 radical (unpaired) electrons. The second-order valence-corrected chi connectivity index (χ2v) is 5.11. The van der Waals surface area contributed by atoms with Crippen LogP contribution in [0.1, 0.15) is 23.2 Å². The van der Waals surface area contributed by atoms with E-state index >= 15 is 0 Å². The highest BCUT2D eigenvalue weighted by atomic mass is 35.5. The number of benzene rings is 1. The second-order valence-electron chi connectivity index (χ2n) is 4.19. The summed E-state index contributed by atoms with van der Waals surface area (Å²) >= 11 is 10.2. The van der Waals surface area contributed by atoms with Crippen LogP contribution < -0.4 is 0 Å². The third kappa shape index (κ3) is 2.94. The van der Waals surface area contributed by atoms with E-state index in [-0.39, 0.29) is 12.0 Å². The van der Waals surface area contributed by atoms with Crippen molar-refractivity contribution in [3.05, 3.63) is 28.8 Å². The first-order chi connectivity index (χ1) is 8.08. The zero-order valence-electron chi connectivity index (χ0n) is 9.27. The first-order valence-electron chi connectivity index (χ1n) is 5.54. The lowest BCUT2D eigenvalue weighted by Crippen LogP contribution is -2.40. The molecule has 1 N–H and O–H groups in total. The fourth-order valence-electron chi connectivity index (χ4n) is 1.92. The Hall–Kier alpha value is -0.710. The molecule has 0 bridgehead atoms. The Morgan fingerprint density at radius 1 is 1.41 bits per heavy atom. The van der Waals surface area contributed by atoms with Crippen LogP contribution in [-0.4, -0.2) is 35.1 Å². The summed E-state index contributed by atoms with van der Waals surface area (Å²) in [7, 11) is 0. The van der Waals surface area contributed by atoms with Crippen LogP contribution in [-0.2, 0) is 0 Å². The van der Waals surface area contributed by atoms with Gasteiger partial charge in [0, 0.05) is 18.0 Å². The van der Waals surface area contributed by atoms with Gasteiger partial charge < -0.3 is 10.0 Å². The number of likely N-dealkylation sites (tertiary alicyclic amines) is 1. The number of rotatable bonds is 1. The second kappa shape index (κ2) is 5.29. The summed E-state index contributed by atoms with van der Waals surface area (Å²) in [5.74, 6) is -0.0854. The molecule has 17 heavy (non-hydrogen) atoms. The molecule has 0 unspecified atom stereocenters. The van der Waals surface area contributed by atoms with Crippen molar-refractivity contribution >= 4 is 30.1 Å². The van der Waals surface area contributed by atoms with Crippen molar-refractivity contribution in [3.8, 4) is 0 Å². The largest absolute Gasteiger partial charge is 0.393 e. The van der Waals surface area contributed by atoms with Gasteiger partial charge in [-0.05, 0) is 31.0 Å². The van der Waals surface area contributed by atoms with E-state index < -0.39 is 0 Å². The van der Waals surface area contributed by atoms with Gasteiger partial charge in [0.05, 0.1) is 16.7 Å². The molecule has 1 amide bonds. The van der Waals surface area contributed by atoms with Crippen molar-refractivity contribution in [1.82, 2.24) is 4.90 Å². The molecule has 1 aromatic rings. The Morgan fingerprint density at radius 3 is 2.71 bits per heavy atom. The van der Waals surface area contributed by atoms with Gasteiger partial charge in [-0.3, -0.25) is 4.79 Å². The molecule has 92 valence electrons. The fraction of sp³-hybridized carbons (Fsp3) is 0.417. The lowest BCUT2D eigenvalue weighted by Gasteiger charge is -2.29. The van der Waals surface area contributed by atoms with Crippen molar-refractivity contribution in [2.24, 2.45) is 0 Å². The van der Waals surface area contributed by atoms with Gasteiger partial charge in [-0.2, -0.15) is 0 Å². The zero-order valence-corrected chi connectivity index (χ0v) is 10.9. The highest BCUT2D eigenvalue weighted by Crippen LogP contribution is 2.22. The summed E-state index contributed by atoms with van der Waals surface area (Å²) < 4.78 is 0. The van der Waals surface area contributed by atoms with Crippen LogP contribution in [0.5, 0.6) is 0 Å². The lowest BCUT2D eigenvalue weighted by atomic mass is 10.1. The minimum Gasteiger partial charge on any atom is -0.393 e. The quantitative estimate of drug-likeness (QED) is 0.769. The molecule has 3 nitrogen and oxygen atoms in total. The van der Waals surface area contributed by atoms with E-state index in [0.717, 1.165) is 4.90 Å². The third-order valence-electron chi connectivity index (χ3n) is 2.93. The topological polar surface area (TPSA) is 40.5 Å². The Kier molecular flexibility index (Phi) is 3.97. The van der Waals surface area contributed by atoms with Gasteiger partial charge in [0.25, 0.3) is 5.91 Å². The fourth-order valence-corrected chi connectivity index (χ4v) is 2.32. The molecule has 0 aliphatic carbocycles. The van der Waals surface area contributed by atoms with Crippen molar-refractivity contribution < 1.29 is 9.90 Å². The maximum Gasteiger partial charge on any atom is 0.255 e. The van der Waals surface area contributed by atoms with Crippen molar-refractivity contribution in [2.45, 2.75) is 23.8 Å². The van der Waals surface area contributed by atoms with Crippen molar-refractivity contribution in [2.75, 3.05) is 13.1 Å². The van der Waals surface area contributed by atoms with E-state index in [2.05, 4.69) is 12.6 Å². The number of nitrogens with zero attached hydrogens (tertiary/aromatic N) is 1. The van der Waals surface area contributed by atoms with Crippen molar-refractivity contribution in [3.63, 3.8) is 0 Å². The third-order valence-corrected chi connectivity index (χ3v) is 3.54. The van der Waals surface area contributed by atoms with Gasteiger partial charge in [-0.25, -0.2) is 0 Å². The van der Waals surface area contributed by atoms with Crippen LogP contribution in [0, 0.1) is 0 Å². The average Bonchev–Trinajstić information content (AvgIpc) is 2.32. The van der Waals surface area contributed by atoms with Gasteiger partial charge in [-0.1, -0.05) is 11.6 Å². The lowest BCUT2D eigenvalue weighted by molar-refractivity contribution is 0.0546. The number of thiol groups is 1. The molecule has 0 saturated carbocycles. The van der Waals surface area contributed by atoms with E-state index in [4.69, 9.17) is 11.6 Å². The summed E-state index contributed by atoms with van der Waals surface area (Å²) in [6.07, 6.45) is 0.971. The number of aliphatic hydroxyl groups excluding tert-OH is 1. The first-order valence-corrected chi connectivity index (χ1v) is 6.36. The summed E-state index contributed by atoms with van der Waals surface area (Å²) in [6, 6.07) is 5.11. The smallest absolute Gasteiger partial charge is 0.255 e. The maximum atomic E-state index is 12.2. The van der Waals surface area contributed by atoms with Crippen molar-refractivity contribution in [1.29, 1.82) is 0 Å². The Labute approximate surface area is 111 Å². The van der Waals surface area contributed by atoms with Gasteiger partial charge in [-0.15, -0.1) is 12.6 Å². The molecule has 1 aromatic carbocycles. The van der Waals surface area contributed by atoms with Crippen LogP contribution >= 0.6 is 24.2 Å². The summed E-state index contributed by atoms with van der Waals surface area (Å²) in [6.45, 7) is 1.15. The van der Waals surface area contributed by atoms with Crippen LogP contribution in [0.2, 0.25) is 5.02 Å². The van der Waals surface area contributed by atoms with Crippen LogP contribution in [0.25, 0.3) is 0 Å². The van der Waals surface area contributed by atoms with E-state index in [1.807, 2.05) is 0 Å². The van der Waals surface area contributed by atoms with E-state index in [1.165, 1.54) is 0 Å². The predicted octanol–water partition coefficient (Wildman–Crippen LogP) is 2.23. The standard InChI is InChI=1S/C12H14ClNO2S/c13-11-2-1-9(17)7-10(11)12(16)14-5-3-8(15)4-6-14/h1-2,7-8,15,17H,3-6H2. The molecule has 1 heterocycles. The highest BCUT2D eigenvalue weighted by molar-refractivity contribution is 7.80. The maximum absolute atomic E-state index is 12.2. The summed E-state index contributed by atoms with van der Waals surface area (Å²) in [4.78, 5) is 14.6. The molecule has 0 aromatic heterocycles. The van der Waals surface area contributed by atoms with Gasteiger partial charge in [0.2, 0.25) is 0 Å². The molecule has 0 atom stereocenters.